The second-order valence-electron chi connectivity index (χ2n) is 3.16. The summed E-state index contributed by atoms with van der Waals surface area (Å²) in [6.07, 6.45) is 0. The van der Waals surface area contributed by atoms with E-state index in [2.05, 4.69) is 16.9 Å². The Morgan fingerprint density at radius 3 is 2.87 bits per heavy atom. The number of aliphatic imine (C=N–C) groups is 1. The van der Waals surface area contributed by atoms with Crippen molar-refractivity contribution in [2.45, 2.75) is 0 Å². The topological polar surface area (TPSA) is 93.5 Å². The lowest BCUT2D eigenvalue weighted by Gasteiger charge is -2.19. The van der Waals surface area contributed by atoms with Crippen molar-refractivity contribution in [2.24, 2.45) is 16.5 Å². The van der Waals surface area contributed by atoms with Crippen LogP contribution in [0.5, 0.6) is 0 Å². The Kier molecular flexibility index (Phi) is 1.93. The molecule has 0 aliphatic carbocycles. The highest BCUT2D eigenvalue weighted by Crippen LogP contribution is 2.30. The number of carbonyl (C=O) groups is 1. The van der Waals surface area contributed by atoms with E-state index in [1.54, 1.807) is 18.2 Å². The predicted molar refractivity (Wildman–Crippen MR) is 58.4 cm³/mol. The van der Waals surface area contributed by atoms with E-state index in [0.717, 1.165) is 0 Å². The molecule has 1 heterocycles. The third kappa shape index (κ3) is 1.43. The first kappa shape index (κ1) is 9.26. The van der Waals surface area contributed by atoms with Crippen LogP contribution in [-0.4, -0.2) is 11.9 Å². The van der Waals surface area contributed by atoms with Crippen molar-refractivity contribution in [2.75, 3.05) is 0 Å². The number of hydrogen-bond acceptors (Lipinski definition) is 4. The van der Waals surface area contributed by atoms with Gasteiger partial charge >= 0.3 is 0 Å². The minimum absolute atomic E-state index is 0.258. The van der Waals surface area contributed by atoms with E-state index in [4.69, 9.17) is 11.5 Å². The molecule has 0 spiro atoms. The van der Waals surface area contributed by atoms with Crippen LogP contribution >= 0.6 is 0 Å². The van der Waals surface area contributed by atoms with Gasteiger partial charge in [0.2, 0.25) is 5.91 Å². The summed E-state index contributed by atoms with van der Waals surface area (Å²) in [5.41, 5.74) is 12.9. The van der Waals surface area contributed by atoms with Gasteiger partial charge < -0.3 is 16.8 Å². The second-order valence-corrected chi connectivity index (χ2v) is 3.16. The molecule has 76 valence electrons. The molecule has 1 aromatic carbocycles. The molecule has 2 rings (SSSR count). The second kappa shape index (κ2) is 3.13. The smallest absolute Gasteiger partial charge is 0.249 e. The number of carbonyl (C=O) groups excluding carboxylic acids is 1. The molecule has 5 heteroatoms. The number of fused-ring (bicyclic) bond motifs is 1. The Morgan fingerprint density at radius 1 is 1.47 bits per heavy atom. The van der Waals surface area contributed by atoms with E-state index in [1.165, 1.54) is 0 Å². The van der Waals surface area contributed by atoms with Gasteiger partial charge in [0.25, 0.3) is 0 Å². The fourth-order valence-corrected chi connectivity index (χ4v) is 1.53. The molecule has 0 saturated heterocycles. The molecule has 1 aliphatic heterocycles. The quantitative estimate of drug-likeness (QED) is 0.611. The third-order valence-corrected chi connectivity index (χ3v) is 2.13. The predicted octanol–water partition coefficient (Wildman–Crippen LogP) is 0.306. The molecule has 0 fully saturated rings. The van der Waals surface area contributed by atoms with Crippen LogP contribution in [0.1, 0.15) is 15.9 Å². The summed E-state index contributed by atoms with van der Waals surface area (Å²) in [4.78, 5) is 15.2. The summed E-state index contributed by atoms with van der Waals surface area (Å²) in [5.74, 6) is -0.250. The molecule has 0 aromatic heterocycles. The summed E-state index contributed by atoms with van der Waals surface area (Å²) in [6, 6.07) is 5.08. The van der Waals surface area contributed by atoms with Crippen molar-refractivity contribution < 1.29 is 4.79 Å². The molecule has 5 nitrogen and oxygen atoms in total. The third-order valence-electron chi connectivity index (χ3n) is 2.13. The number of benzene rings is 1. The van der Waals surface area contributed by atoms with Crippen LogP contribution in [0.15, 0.2) is 29.8 Å². The summed E-state index contributed by atoms with van der Waals surface area (Å²) in [7, 11) is 0. The van der Waals surface area contributed by atoms with Crippen LogP contribution in [0.4, 0.5) is 5.69 Å². The van der Waals surface area contributed by atoms with Gasteiger partial charge in [0.05, 0.1) is 11.3 Å². The number of nitrogens with zero attached hydrogens (tertiary/aromatic N) is 1. The van der Waals surface area contributed by atoms with Crippen LogP contribution in [0, 0.1) is 0 Å². The van der Waals surface area contributed by atoms with Gasteiger partial charge in [0.15, 0.2) is 5.96 Å². The fourth-order valence-electron chi connectivity index (χ4n) is 1.53. The van der Waals surface area contributed by atoms with Crippen molar-refractivity contribution in [3.63, 3.8) is 0 Å². The molecule has 15 heavy (non-hydrogen) atoms. The van der Waals surface area contributed by atoms with Gasteiger partial charge in [-0.3, -0.25) is 4.79 Å². The number of nitrogens with one attached hydrogen (secondary N) is 1. The normalized spacial score (nSPS) is 13.9. The van der Waals surface area contributed by atoms with Gasteiger partial charge in [0.1, 0.15) is 0 Å². The van der Waals surface area contributed by atoms with Gasteiger partial charge in [-0.2, -0.15) is 0 Å². The van der Waals surface area contributed by atoms with Crippen molar-refractivity contribution in [3.05, 3.63) is 35.9 Å². The first-order valence-electron chi connectivity index (χ1n) is 4.33. The number of primary amides is 1. The zero-order valence-corrected chi connectivity index (χ0v) is 7.95. The Balaban J connectivity index is 2.71. The number of hydrogen-bond donors (Lipinski definition) is 3. The molecule has 0 atom stereocenters. The fraction of sp³-hybridized carbons (Fsp3) is 0. The lowest BCUT2D eigenvalue weighted by molar-refractivity contribution is 0.1000. The molecule has 1 amide bonds. The molecular weight excluding hydrogens is 192 g/mol. The van der Waals surface area contributed by atoms with E-state index in [9.17, 15) is 4.79 Å². The summed E-state index contributed by atoms with van der Waals surface area (Å²) < 4.78 is 0. The number of guanidine groups is 1. The van der Waals surface area contributed by atoms with Crippen LogP contribution in [-0.2, 0) is 0 Å². The minimum Gasteiger partial charge on any atom is -0.369 e. The van der Waals surface area contributed by atoms with Gasteiger partial charge in [0, 0.05) is 11.3 Å². The first-order chi connectivity index (χ1) is 7.09. The Hall–Kier alpha value is -2.30. The van der Waals surface area contributed by atoms with E-state index in [1.807, 2.05) is 0 Å². The molecule has 0 bridgehead atoms. The van der Waals surface area contributed by atoms with Gasteiger partial charge in [-0.05, 0) is 12.1 Å². The maximum Gasteiger partial charge on any atom is 0.249 e. The largest absolute Gasteiger partial charge is 0.369 e. The summed E-state index contributed by atoms with van der Waals surface area (Å²) >= 11 is 0. The van der Waals surface area contributed by atoms with Crippen molar-refractivity contribution >= 4 is 23.3 Å². The van der Waals surface area contributed by atoms with Crippen LogP contribution < -0.4 is 16.8 Å². The van der Waals surface area contributed by atoms with Crippen molar-refractivity contribution in [3.8, 4) is 0 Å². The average Bonchev–Trinajstić information content (AvgIpc) is 2.16. The monoisotopic (exact) mass is 202 g/mol. The Bertz CT molecular complexity index is 490. The number of rotatable bonds is 1. The molecule has 1 aliphatic rings. The average molecular weight is 202 g/mol. The highest BCUT2D eigenvalue weighted by atomic mass is 16.1. The minimum atomic E-state index is -0.509. The van der Waals surface area contributed by atoms with E-state index < -0.39 is 5.91 Å². The van der Waals surface area contributed by atoms with Crippen molar-refractivity contribution in [1.82, 2.24) is 5.32 Å². The summed E-state index contributed by atoms with van der Waals surface area (Å²) in [6.45, 7) is 3.77. The zero-order valence-electron chi connectivity index (χ0n) is 7.95. The van der Waals surface area contributed by atoms with Crippen LogP contribution in [0.2, 0.25) is 0 Å². The Morgan fingerprint density at radius 2 is 2.20 bits per heavy atom. The highest BCUT2D eigenvalue weighted by Gasteiger charge is 2.18. The van der Waals surface area contributed by atoms with Gasteiger partial charge in [-0.15, -0.1) is 0 Å². The molecule has 5 N–H and O–H groups in total. The highest BCUT2D eigenvalue weighted by molar-refractivity contribution is 6.04. The van der Waals surface area contributed by atoms with Crippen molar-refractivity contribution in [1.29, 1.82) is 0 Å². The van der Waals surface area contributed by atoms with Gasteiger partial charge in [-0.1, -0.05) is 12.6 Å². The molecule has 0 radical (unpaired) electrons. The SMILES string of the molecule is C=C1NC(N)=Nc2cccc(C(N)=O)c21. The van der Waals surface area contributed by atoms with E-state index in [0.29, 0.717) is 22.5 Å². The lowest BCUT2D eigenvalue weighted by Crippen LogP contribution is -2.33. The number of nitrogens with two attached hydrogens (primary N) is 2. The number of amides is 1. The zero-order chi connectivity index (χ0) is 11.0. The van der Waals surface area contributed by atoms with Gasteiger partial charge in [-0.25, -0.2) is 4.99 Å². The first-order valence-corrected chi connectivity index (χ1v) is 4.33. The molecule has 0 unspecified atom stereocenters. The Labute approximate surface area is 86.5 Å². The lowest BCUT2D eigenvalue weighted by atomic mass is 10.0. The molecule has 0 saturated carbocycles. The van der Waals surface area contributed by atoms with Crippen LogP contribution in [0.3, 0.4) is 0 Å². The standard InChI is InChI=1S/C10H10N4O/c1-5-8-6(9(11)15)3-2-4-7(8)14-10(12)13-5/h2-4H,1H2,(H2,11,15)(H3,12,13,14). The van der Waals surface area contributed by atoms with Crippen LogP contribution in [0.25, 0.3) is 5.70 Å². The maximum atomic E-state index is 11.2. The molecular formula is C10H10N4O. The molecule has 1 aromatic rings. The van der Waals surface area contributed by atoms with E-state index >= 15 is 0 Å². The van der Waals surface area contributed by atoms with E-state index in [-0.39, 0.29) is 5.96 Å². The maximum absolute atomic E-state index is 11.2. The summed E-state index contributed by atoms with van der Waals surface area (Å²) in [5, 5.41) is 2.76.